The highest BCUT2D eigenvalue weighted by Crippen LogP contribution is 2.14. The molecule has 1 aliphatic heterocycles. The van der Waals surface area contributed by atoms with Crippen LogP contribution < -0.4 is 5.32 Å². The van der Waals surface area contributed by atoms with Crippen LogP contribution in [-0.2, 0) is 0 Å². The summed E-state index contributed by atoms with van der Waals surface area (Å²) < 4.78 is 14.5. The lowest BCUT2D eigenvalue weighted by Gasteiger charge is -2.32. The van der Waals surface area contributed by atoms with Gasteiger partial charge in [0, 0.05) is 25.3 Å². The molecule has 0 saturated carbocycles. The zero-order chi connectivity index (χ0) is 15.5. The fourth-order valence-corrected chi connectivity index (χ4v) is 2.73. The van der Waals surface area contributed by atoms with Crippen LogP contribution in [0.25, 0.3) is 5.69 Å². The van der Waals surface area contributed by atoms with Crippen molar-refractivity contribution >= 4 is 5.91 Å². The van der Waals surface area contributed by atoms with E-state index in [4.69, 9.17) is 0 Å². The summed E-state index contributed by atoms with van der Waals surface area (Å²) in [5.41, 5.74) is 1.15. The highest BCUT2D eigenvalue weighted by Gasteiger charge is 2.24. The molecule has 1 fully saturated rings. The maximum Gasteiger partial charge on any atom is 0.274 e. The largest absolute Gasteiger partial charge is 0.336 e. The van der Waals surface area contributed by atoms with Gasteiger partial charge in [-0.25, -0.2) is 9.07 Å². The Morgan fingerprint density at radius 1 is 1.32 bits per heavy atom. The van der Waals surface area contributed by atoms with Crippen LogP contribution in [0.5, 0.6) is 0 Å². The first-order valence-electron chi connectivity index (χ1n) is 7.45. The summed E-state index contributed by atoms with van der Waals surface area (Å²) in [5.74, 6) is -0.348. The highest BCUT2D eigenvalue weighted by atomic mass is 19.1. The number of nitrogens with zero attached hydrogens (tertiary/aromatic N) is 3. The van der Waals surface area contributed by atoms with Gasteiger partial charge in [-0.3, -0.25) is 4.79 Å². The lowest BCUT2D eigenvalue weighted by Crippen LogP contribution is -2.47. The number of likely N-dealkylation sites (N-methyl/N-ethyl adjacent to an activating group) is 1. The Kier molecular flexibility index (Phi) is 4.20. The van der Waals surface area contributed by atoms with Crippen LogP contribution >= 0.6 is 0 Å². The first kappa shape index (κ1) is 14.7. The number of likely N-dealkylation sites (tertiary alicyclic amines) is 1. The smallest absolute Gasteiger partial charge is 0.274 e. The van der Waals surface area contributed by atoms with E-state index in [0.717, 1.165) is 25.1 Å². The molecule has 6 heteroatoms. The molecule has 22 heavy (non-hydrogen) atoms. The number of hydrogen-bond donors (Lipinski definition) is 1. The van der Waals surface area contributed by atoms with E-state index in [1.807, 2.05) is 11.9 Å². The standard InChI is InChI=1S/C16H19FN4O/c1-18-13-3-2-9-20(11-13)16(22)15-8-10-21(19-15)14-6-4-12(17)5-7-14/h4-8,10,13,18H,2-3,9,11H2,1H3. The Hall–Kier alpha value is -2.21. The molecule has 0 aliphatic carbocycles. The number of amides is 1. The quantitative estimate of drug-likeness (QED) is 0.941. The Balaban J connectivity index is 1.75. The number of carbonyl (C=O) groups is 1. The summed E-state index contributed by atoms with van der Waals surface area (Å²) in [7, 11) is 1.92. The van der Waals surface area contributed by atoms with Gasteiger partial charge in [-0.15, -0.1) is 0 Å². The number of benzene rings is 1. The van der Waals surface area contributed by atoms with Gasteiger partial charge in [-0.05, 0) is 50.2 Å². The van der Waals surface area contributed by atoms with Crippen LogP contribution in [0.3, 0.4) is 0 Å². The SMILES string of the molecule is CNC1CCCN(C(=O)c2ccn(-c3ccc(F)cc3)n2)C1. The first-order chi connectivity index (χ1) is 10.7. The second-order valence-corrected chi connectivity index (χ2v) is 5.50. The summed E-state index contributed by atoms with van der Waals surface area (Å²) in [5, 5.41) is 7.54. The van der Waals surface area contributed by atoms with Gasteiger partial charge < -0.3 is 10.2 Å². The number of hydrogen-bond acceptors (Lipinski definition) is 3. The number of rotatable bonds is 3. The van der Waals surface area contributed by atoms with E-state index in [1.54, 1.807) is 29.1 Å². The second kappa shape index (κ2) is 6.27. The van der Waals surface area contributed by atoms with Crippen molar-refractivity contribution in [3.63, 3.8) is 0 Å². The van der Waals surface area contributed by atoms with E-state index in [-0.39, 0.29) is 11.7 Å². The van der Waals surface area contributed by atoms with Gasteiger partial charge >= 0.3 is 0 Å². The van der Waals surface area contributed by atoms with Crippen molar-refractivity contribution in [1.82, 2.24) is 20.0 Å². The molecule has 1 N–H and O–H groups in total. The number of nitrogens with one attached hydrogen (secondary N) is 1. The van der Waals surface area contributed by atoms with Crippen molar-refractivity contribution in [2.45, 2.75) is 18.9 Å². The third kappa shape index (κ3) is 3.01. The lowest BCUT2D eigenvalue weighted by atomic mass is 10.1. The van der Waals surface area contributed by atoms with Gasteiger partial charge in [0.2, 0.25) is 0 Å². The molecular weight excluding hydrogens is 283 g/mol. The average molecular weight is 302 g/mol. The van der Waals surface area contributed by atoms with E-state index in [1.165, 1.54) is 12.1 Å². The summed E-state index contributed by atoms with van der Waals surface area (Å²) in [4.78, 5) is 14.4. The second-order valence-electron chi connectivity index (χ2n) is 5.50. The summed E-state index contributed by atoms with van der Waals surface area (Å²) in [6.45, 7) is 1.47. The van der Waals surface area contributed by atoms with E-state index in [9.17, 15) is 9.18 Å². The van der Waals surface area contributed by atoms with Crippen LogP contribution in [0.1, 0.15) is 23.3 Å². The molecule has 116 valence electrons. The number of aromatic nitrogens is 2. The maximum absolute atomic E-state index is 13.0. The highest BCUT2D eigenvalue weighted by molar-refractivity contribution is 5.92. The van der Waals surface area contributed by atoms with Gasteiger partial charge in [-0.2, -0.15) is 5.10 Å². The van der Waals surface area contributed by atoms with Crippen molar-refractivity contribution < 1.29 is 9.18 Å². The zero-order valence-corrected chi connectivity index (χ0v) is 12.5. The minimum atomic E-state index is -0.293. The van der Waals surface area contributed by atoms with Crippen LogP contribution in [-0.4, -0.2) is 46.8 Å². The minimum Gasteiger partial charge on any atom is -0.336 e. The Morgan fingerprint density at radius 3 is 2.82 bits per heavy atom. The summed E-state index contributed by atoms with van der Waals surface area (Å²) in [6.07, 6.45) is 3.81. The lowest BCUT2D eigenvalue weighted by molar-refractivity contribution is 0.0691. The van der Waals surface area contributed by atoms with Crippen molar-refractivity contribution in [1.29, 1.82) is 0 Å². The minimum absolute atomic E-state index is 0.0548. The van der Waals surface area contributed by atoms with Crippen LogP contribution in [0.15, 0.2) is 36.5 Å². The molecule has 2 aromatic rings. The number of halogens is 1. The molecule has 2 heterocycles. The van der Waals surface area contributed by atoms with Crippen molar-refractivity contribution in [2.75, 3.05) is 20.1 Å². The first-order valence-corrected chi connectivity index (χ1v) is 7.45. The summed E-state index contributed by atoms with van der Waals surface area (Å²) >= 11 is 0. The van der Waals surface area contributed by atoms with E-state index >= 15 is 0 Å². The number of carbonyl (C=O) groups excluding carboxylic acids is 1. The van der Waals surface area contributed by atoms with E-state index in [2.05, 4.69) is 10.4 Å². The molecule has 1 aromatic heterocycles. The van der Waals surface area contributed by atoms with Gasteiger partial charge in [0.25, 0.3) is 5.91 Å². The van der Waals surface area contributed by atoms with Gasteiger partial charge in [0.05, 0.1) is 5.69 Å². The molecule has 0 bridgehead atoms. The fourth-order valence-electron chi connectivity index (χ4n) is 2.73. The molecule has 1 aliphatic rings. The van der Waals surface area contributed by atoms with Crippen LogP contribution in [0.2, 0.25) is 0 Å². The average Bonchev–Trinajstić information content (AvgIpc) is 3.05. The zero-order valence-electron chi connectivity index (χ0n) is 12.5. The molecule has 0 radical (unpaired) electrons. The van der Waals surface area contributed by atoms with E-state index < -0.39 is 0 Å². The molecule has 1 aromatic carbocycles. The van der Waals surface area contributed by atoms with Crippen molar-refractivity contribution in [2.24, 2.45) is 0 Å². The molecule has 1 atom stereocenters. The third-order valence-electron chi connectivity index (χ3n) is 4.02. The maximum atomic E-state index is 13.0. The van der Waals surface area contributed by atoms with Crippen molar-refractivity contribution in [3.8, 4) is 5.69 Å². The Bertz CT molecular complexity index is 652. The predicted octanol–water partition coefficient (Wildman–Crippen LogP) is 1.84. The number of piperidine rings is 1. The van der Waals surface area contributed by atoms with Crippen LogP contribution in [0.4, 0.5) is 4.39 Å². The van der Waals surface area contributed by atoms with E-state index in [0.29, 0.717) is 18.3 Å². The predicted molar refractivity (Wildman–Crippen MR) is 81.5 cm³/mol. The molecular formula is C16H19FN4O. The van der Waals surface area contributed by atoms with Gasteiger partial charge in [0.1, 0.15) is 5.82 Å². The van der Waals surface area contributed by atoms with Gasteiger partial charge in [-0.1, -0.05) is 0 Å². The van der Waals surface area contributed by atoms with Gasteiger partial charge in [0.15, 0.2) is 5.69 Å². The molecule has 3 rings (SSSR count). The normalized spacial score (nSPS) is 18.5. The van der Waals surface area contributed by atoms with Crippen molar-refractivity contribution in [3.05, 3.63) is 48.0 Å². The monoisotopic (exact) mass is 302 g/mol. The third-order valence-corrected chi connectivity index (χ3v) is 4.02. The topological polar surface area (TPSA) is 50.2 Å². The Labute approximate surface area is 128 Å². The summed E-state index contributed by atoms with van der Waals surface area (Å²) in [6, 6.07) is 8.07. The molecule has 1 amide bonds. The molecule has 1 saturated heterocycles. The molecule has 0 spiro atoms. The fraction of sp³-hybridized carbons (Fsp3) is 0.375. The molecule has 5 nitrogen and oxygen atoms in total. The Morgan fingerprint density at radius 2 is 2.09 bits per heavy atom. The van der Waals surface area contributed by atoms with Crippen LogP contribution in [0, 0.1) is 5.82 Å². The molecule has 1 unspecified atom stereocenters.